The highest BCUT2D eigenvalue weighted by Gasteiger charge is 2.27. The van der Waals surface area contributed by atoms with Gasteiger partial charge in [0.15, 0.2) is 5.96 Å². The van der Waals surface area contributed by atoms with Gasteiger partial charge in [-0.1, -0.05) is 36.8 Å². The van der Waals surface area contributed by atoms with E-state index in [1.54, 1.807) is 0 Å². The summed E-state index contributed by atoms with van der Waals surface area (Å²) in [4.78, 5) is 7.45. The standard InChI is InChI=1S/C22H36N4O/c1-2-23-22(24-13-16-26-14-7-4-8-15-26)25-18-20-12-9-17-27-21(20)19-10-5-3-6-11-19/h3,5-6,10-11,20-21H,2,4,7-9,12-18H2,1H3,(H2,23,24,25). The van der Waals surface area contributed by atoms with Gasteiger partial charge in [-0.25, -0.2) is 0 Å². The molecule has 2 heterocycles. The van der Waals surface area contributed by atoms with Crippen LogP contribution in [-0.2, 0) is 4.74 Å². The molecule has 2 aliphatic rings. The molecule has 0 aliphatic carbocycles. The number of rotatable bonds is 7. The zero-order chi connectivity index (χ0) is 18.7. The van der Waals surface area contributed by atoms with Gasteiger partial charge in [-0.05, 0) is 51.3 Å². The molecular formula is C22H36N4O. The van der Waals surface area contributed by atoms with Crippen molar-refractivity contribution in [3.8, 4) is 0 Å². The number of benzene rings is 1. The highest BCUT2D eigenvalue weighted by molar-refractivity contribution is 5.79. The Bertz CT molecular complexity index is 557. The molecule has 2 fully saturated rings. The normalized spacial score (nSPS) is 24.6. The number of hydrogen-bond acceptors (Lipinski definition) is 3. The molecule has 1 aromatic carbocycles. The second-order valence-corrected chi connectivity index (χ2v) is 7.65. The molecule has 5 nitrogen and oxygen atoms in total. The number of aliphatic imine (C=N–C) groups is 1. The summed E-state index contributed by atoms with van der Waals surface area (Å²) in [6.07, 6.45) is 6.55. The molecule has 3 rings (SSSR count). The topological polar surface area (TPSA) is 48.9 Å². The van der Waals surface area contributed by atoms with Crippen molar-refractivity contribution in [2.24, 2.45) is 10.9 Å². The molecular weight excluding hydrogens is 336 g/mol. The van der Waals surface area contributed by atoms with Gasteiger partial charge in [-0.3, -0.25) is 4.99 Å². The van der Waals surface area contributed by atoms with Crippen LogP contribution < -0.4 is 10.6 Å². The van der Waals surface area contributed by atoms with Gasteiger partial charge in [0.1, 0.15) is 0 Å². The second kappa shape index (κ2) is 11.3. The van der Waals surface area contributed by atoms with E-state index in [2.05, 4.69) is 52.8 Å². The molecule has 2 N–H and O–H groups in total. The van der Waals surface area contributed by atoms with Crippen molar-refractivity contribution in [3.63, 3.8) is 0 Å². The number of likely N-dealkylation sites (tertiary alicyclic amines) is 1. The van der Waals surface area contributed by atoms with Gasteiger partial charge in [-0.15, -0.1) is 0 Å². The number of nitrogens with one attached hydrogen (secondary N) is 2. The molecule has 5 heteroatoms. The van der Waals surface area contributed by atoms with Crippen molar-refractivity contribution in [1.29, 1.82) is 0 Å². The molecule has 0 bridgehead atoms. The van der Waals surface area contributed by atoms with Crippen LogP contribution in [0.15, 0.2) is 35.3 Å². The third kappa shape index (κ3) is 6.51. The van der Waals surface area contributed by atoms with Gasteiger partial charge in [0.25, 0.3) is 0 Å². The lowest BCUT2D eigenvalue weighted by atomic mass is 9.89. The Balaban J connectivity index is 1.52. The molecule has 27 heavy (non-hydrogen) atoms. The Labute approximate surface area is 164 Å². The summed E-state index contributed by atoms with van der Waals surface area (Å²) >= 11 is 0. The molecule has 2 aliphatic heterocycles. The number of guanidine groups is 1. The van der Waals surface area contributed by atoms with E-state index in [-0.39, 0.29) is 6.10 Å². The third-order valence-electron chi connectivity index (χ3n) is 5.57. The van der Waals surface area contributed by atoms with Crippen molar-refractivity contribution in [3.05, 3.63) is 35.9 Å². The van der Waals surface area contributed by atoms with E-state index >= 15 is 0 Å². The minimum absolute atomic E-state index is 0.167. The monoisotopic (exact) mass is 372 g/mol. The maximum absolute atomic E-state index is 6.11. The van der Waals surface area contributed by atoms with Crippen LogP contribution in [0.5, 0.6) is 0 Å². The Morgan fingerprint density at radius 3 is 2.70 bits per heavy atom. The molecule has 0 saturated carbocycles. The molecule has 2 atom stereocenters. The smallest absolute Gasteiger partial charge is 0.191 e. The van der Waals surface area contributed by atoms with Crippen LogP contribution in [-0.4, -0.2) is 56.7 Å². The summed E-state index contributed by atoms with van der Waals surface area (Å²) in [7, 11) is 0. The molecule has 2 unspecified atom stereocenters. The van der Waals surface area contributed by atoms with E-state index in [9.17, 15) is 0 Å². The Hall–Kier alpha value is -1.59. The van der Waals surface area contributed by atoms with Crippen LogP contribution in [0.1, 0.15) is 50.7 Å². The largest absolute Gasteiger partial charge is 0.373 e. The number of piperidine rings is 1. The van der Waals surface area contributed by atoms with Crippen LogP contribution >= 0.6 is 0 Å². The first-order valence-electron chi connectivity index (χ1n) is 10.8. The minimum Gasteiger partial charge on any atom is -0.373 e. The summed E-state index contributed by atoms with van der Waals surface area (Å²) < 4.78 is 6.11. The predicted molar refractivity (Wildman–Crippen MR) is 112 cm³/mol. The molecule has 150 valence electrons. The van der Waals surface area contributed by atoms with Gasteiger partial charge in [0, 0.05) is 38.7 Å². The van der Waals surface area contributed by atoms with Crippen molar-refractivity contribution in [2.45, 2.75) is 45.1 Å². The van der Waals surface area contributed by atoms with Crippen LogP contribution in [0.25, 0.3) is 0 Å². The van der Waals surface area contributed by atoms with Crippen LogP contribution in [0.4, 0.5) is 0 Å². The SMILES string of the molecule is CCNC(=NCC1CCCOC1c1ccccc1)NCCN1CCCCC1. The number of hydrogen-bond donors (Lipinski definition) is 2. The summed E-state index contributed by atoms with van der Waals surface area (Å²) in [5, 5.41) is 6.91. The van der Waals surface area contributed by atoms with E-state index in [1.165, 1.54) is 44.3 Å². The Morgan fingerprint density at radius 2 is 1.93 bits per heavy atom. The molecule has 0 spiro atoms. The maximum Gasteiger partial charge on any atom is 0.191 e. The average molecular weight is 373 g/mol. The van der Waals surface area contributed by atoms with Gasteiger partial charge in [0.05, 0.1) is 6.10 Å². The Morgan fingerprint density at radius 1 is 1.11 bits per heavy atom. The fraction of sp³-hybridized carbons (Fsp3) is 0.682. The zero-order valence-electron chi connectivity index (χ0n) is 16.8. The van der Waals surface area contributed by atoms with Crippen molar-refractivity contribution < 1.29 is 4.74 Å². The first-order chi connectivity index (χ1) is 13.4. The van der Waals surface area contributed by atoms with Gasteiger partial charge < -0.3 is 20.3 Å². The number of ether oxygens (including phenoxy) is 1. The van der Waals surface area contributed by atoms with E-state index in [0.717, 1.165) is 45.2 Å². The zero-order valence-corrected chi connectivity index (χ0v) is 16.8. The summed E-state index contributed by atoms with van der Waals surface area (Å²) in [5.74, 6) is 1.38. The van der Waals surface area contributed by atoms with Gasteiger partial charge >= 0.3 is 0 Å². The van der Waals surface area contributed by atoms with Crippen LogP contribution in [0.2, 0.25) is 0 Å². The second-order valence-electron chi connectivity index (χ2n) is 7.65. The lowest BCUT2D eigenvalue weighted by molar-refractivity contribution is -0.0250. The fourth-order valence-corrected chi connectivity index (χ4v) is 4.11. The molecule has 0 amide bonds. The van der Waals surface area contributed by atoms with Crippen LogP contribution in [0, 0.1) is 5.92 Å². The lowest BCUT2D eigenvalue weighted by Gasteiger charge is -2.31. The molecule has 1 aromatic rings. The highest BCUT2D eigenvalue weighted by Crippen LogP contribution is 2.33. The minimum atomic E-state index is 0.167. The molecule has 2 saturated heterocycles. The summed E-state index contributed by atoms with van der Waals surface area (Å²) in [6.45, 7) is 9.21. The highest BCUT2D eigenvalue weighted by atomic mass is 16.5. The van der Waals surface area contributed by atoms with E-state index < -0.39 is 0 Å². The van der Waals surface area contributed by atoms with Crippen molar-refractivity contribution in [2.75, 3.05) is 45.9 Å². The van der Waals surface area contributed by atoms with E-state index in [1.807, 2.05) is 0 Å². The van der Waals surface area contributed by atoms with E-state index in [0.29, 0.717) is 5.92 Å². The molecule has 0 aromatic heterocycles. The summed E-state index contributed by atoms with van der Waals surface area (Å²) in [5.41, 5.74) is 1.28. The number of nitrogens with zero attached hydrogens (tertiary/aromatic N) is 2. The van der Waals surface area contributed by atoms with Gasteiger partial charge in [-0.2, -0.15) is 0 Å². The first kappa shape index (κ1) is 20.2. The fourth-order valence-electron chi connectivity index (χ4n) is 4.11. The van der Waals surface area contributed by atoms with Gasteiger partial charge in [0.2, 0.25) is 0 Å². The van der Waals surface area contributed by atoms with E-state index in [4.69, 9.17) is 9.73 Å². The molecule has 0 radical (unpaired) electrons. The van der Waals surface area contributed by atoms with Crippen molar-refractivity contribution >= 4 is 5.96 Å². The average Bonchev–Trinajstić information content (AvgIpc) is 2.74. The van der Waals surface area contributed by atoms with Crippen molar-refractivity contribution in [1.82, 2.24) is 15.5 Å². The maximum atomic E-state index is 6.11. The van der Waals surface area contributed by atoms with Crippen LogP contribution in [0.3, 0.4) is 0 Å². The first-order valence-corrected chi connectivity index (χ1v) is 10.8. The predicted octanol–water partition coefficient (Wildman–Crippen LogP) is 3.20. The Kier molecular flexibility index (Phi) is 8.43. The lowest BCUT2D eigenvalue weighted by Crippen LogP contribution is -2.43. The quantitative estimate of drug-likeness (QED) is 0.570. The third-order valence-corrected chi connectivity index (χ3v) is 5.57. The summed E-state index contributed by atoms with van der Waals surface area (Å²) in [6, 6.07) is 10.6.